The van der Waals surface area contributed by atoms with Crippen molar-refractivity contribution >= 4 is 23.5 Å². The molecule has 9 nitrogen and oxygen atoms in total. The first kappa shape index (κ1) is 19.3. The summed E-state index contributed by atoms with van der Waals surface area (Å²) in [6.07, 6.45) is 1.56. The highest BCUT2D eigenvalue weighted by Gasteiger charge is 2.28. The molecule has 1 aliphatic rings. The lowest BCUT2D eigenvalue weighted by Crippen LogP contribution is -2.29. The van der Waals surface area contributed by atoms with Crippen LogP contribution < -0.4 is 10.9 Å². The third-order valence-corrected chi connectivity index (χ3v) is 5.99. The molecule has 0 bridgehead atoms. The van der Waals surface area contributed by atoms with Gasteiger partial charge < -0.3 is 5.32 Å². The van der Waals surface area contributed by atoms with E-state index in [1.54, 1.807) is 22.2 Å². The van der Waals surface area contributed by atoms with Gasteiger partial charge >= 0.3 is 0 Å². The number of nitrogens with zero attached hydrogens (tertiary/aromatic N) is 6. The molecule has 1 atom stereocenters. The molecule has 10 heteroatoms. The van der Waals surface area contributed by atoms with E-state index in [2.05, 4.69) is 25.4 Å². The van der Waals surface area contributed by atoms with Crippen molar-refractivity contribution in [1.29, 1.82) is 0 Å². The molecular weight excluding hydrogens is 390 g/mol. The Morgan fingerprint density at radius 2 is 2.03 bits per heavy atom. The van der Waals surface area contributed by atoms with Crippen molar-refractivity contribution in [1.82, 2.24) is 29.3 Å². The first-order valence-corrected chi connectivity index (χ1v) is 10.2. The van der Waals surface area contributed by atoms with E-state index in [0.29, 0.717) is 28.1 Å². The van der Waals surface area contributed by atoms with Gasteiger partial charge in [-0.25, -0.2) is 19.6 Å². The van der Waals surface area contributed by atoms with Crippen LogP contribution in [0.1, 0.15) is 35.1 Å². The molecule has 29 heavy (non-hydrogen) atoms. The second-order valence-electron chi connectivity index (χ2n) is 7.10. The average Bonchev–Trinajstić information content (AvgIpc) is 3.22. The predicted molar refractivity (Wildman–Crippen MR) is 110 cm³/mol. The van der Waals surface area contributed by atoms with Gasteiger partial charge in [0.05, 0.1) is 11.7 Å². The van der Waals surface area contributed by atoms with E-state index in [9.17, 15) is 9.59 Å². The van der Waals surface area contributed by atoms with Crippen molar-refractivity contribution in [2.45, 2.75) is 45.3 Å². The number of thioether (sulfide) groups is 1. The molecule has 150 valence electrons. The van der Waals surface area contributed by atoms with Gasteiger partial charge in [-0.05, 0) is 33.8 Å². The maximum atomic E-state index is 12.6. The standard InChI is InChI=1S/C19H21N7O2S/c1-10-5-11(2)26(24-10)16-7-15(20-9-21-16)23-17(27)6-14-8-29-19-22-13(4)12(3)18(28)25(14)19/h5,7,9,14H,6,8H2,1-4H3,(H,20,21,23,27). The molecule has 4 heterocycles. The summed E-state index contributed by atoms with van der Waals surface area (Å²) in [6.45, 7) is 7.43. The van der Waals surface area contributed by atoms with Crippen molar-refractivity contribution in [3.63, 3.8) is 0 Å². The van der Waals surface area contributed by atoms with Gasteiger partial charge in [0.15, 0.2) is 11.0 Å². The molecule has 0 aliphatic carbocycles. The Morgan fingerprint density at radius 1 is 1.24 bits per heavy atom. The minimum absolute atomic E-state index is 0.0795. The Bertz CT molecular complexity index is 1170. The summed E-state index contributed by atoms with van der Waals surface area (Å²) in [5.41, 5.74) is 3.09. The van der Waals surface area contributed by atoms with Gasteiger partial charge in [-0.1, -0.05) is 11.8 Å². The van der Waals surface area contributed by atoms with Gasteiger partial charge in [0.2, 0.25) is 5.91 Å². The molecule has 1 N–H and O–H groups in total. The van der Waals surface area contributed by atoms with E-state index in [4.69, 9.17) is 0 Å². The Balaban J connectivity index is 1.51. The van der Waals surface area contributed by atoms with Crippen LogP contribution in [0.3, 0.4) is 0 Å². The Labute approximate surface area is 171 Å². The van der Waals surface area contributed by atoms with Crippen LogP contribution in [0.5, 0.6) is 0 Å². The van der Waals surface area contributed by atoms with Gasteiger partial charge in [-0.2, -0.15) is 5.10 Å². The van der Waals surface area contributed by atoms with Crippen molar-refractivity contribution in [2.24, 2.45) is 0 Å². The summed E-state index contributed by atoms with van der Waals surface area (Å²) < 4.78 is 3.33. The van der Waals surface area contributed by atoms with E-state index in [1.807, 2.05) is 26.8 Å². The van der Waals surface area contributed by atoms with Gasteiger partial charge in [0, 0.05) is 35.2 Å². The van der Waals surface area contributed by atoms with Crippen molar-refractivity contribution in [3.8, 4) is 5.82 Å². The van der Waals surface area contributed by atoms with Crippen LogP contribution in [0.15, 0.2) is 28.4 Å². The number of hydrogen-bond acceptors (Lipinski definition) is 7. The molecule has 0 saturated heterocycles. The number of aromatic nitrogens is 6. The van der Waals surface area contributed by atoms with Gasteiger partial charge in [-0.3, -0.25) is 14.2 Å². The van der Waals surface area contributed by atoms with E-state index in [1.165, 1.54) is 18.1 Å². The van der Waals surface area contributed by atoms with Crippen molar-refractivity contribution in [2.75, 3.05) is 11.1 Å². The highest BCUT2D eigenvalue weighted by Crippen LogP contribution is 2.32. The zero-order valence-corrected chi connectivity index (χ0v) is 17.4. The SMILES string of the molecule is Cc1cc(C)n(-c2cc(NC(=O)CC3CSc4nc(C)c(C)c(=O)n43)ncn2)n1. The largest absolute Gasteiger partial charge is 0.310 e. The molecule has 3 aromatic heterocycles. The lowest BCUT2D eigenvalue weighted by atomic mass is 10.2. The van der Waals surface area contributed by atoms with Crippen LogP contribution in [-0.4, -0.2) is 41.0 Å². The fourth-order valence-corrected chi connectivity index (χ4v) is 4.50. The number of carbonyl (C=O) groups excluding carboxylic acids is 1. The molecular formula is C19H21N7O2S. The second-order valence-corrected chi connectivity index (χ2v) is 8.08. The summed E-state index contributed by atoms with van der Waals surface area (Å²) in [4.78, 5) is 38.1. The van der Waals surface area contributed by atoms with Crippen LogP contribution in [-0.2, 0) is 4.79 Å². The number of nitrogens with one attached hydrogen (secondary N) is 1. The minimum atomic E-state index is -0.230. The highest BCUT2D eigenvalue weighted by molar-refractivity contribution is 7.99. The van der Waals surface area contributed by atoms with Gasteiger partial charge in [0.25, 0.3) is 5.56 Å². The number of fused-ring (bicyclic) bond motifs is 1. The molecule has 4 rings (SSSR count). The minimum Gasteiger partial charge on any atom is -0.310 e. The molecule has 0 spiro atoms. The first-order valence-electron chi connectivity index (χ1n) is 9.21. The summed E-state index contributed by atoms with van der Waals surface area (Å²) >= 11 is 1.50. The summed E-state index contributed by atoms with van der Waals surface area (Å²) in [5.74, 6) is 1.39. The molecule has 1 aliphatic heterocycles. The molecule has 0 saturated carbocycles. The molecule has 0 fully saturated rings. The summed E-state index contributed by atoms with van der Waals surface area (Å²) in [6, 6.07) is 3.40. The average molecular weight is 411 g/mol. The number of aryl methyl sites for hydroxylation is 3. The fourth-order valence-electron chi connectivity index (χ4n) is 3.32. The smallest absolute Gasteiger partial charge is 0.257 e. The second kappa shape index (κ2) is 7.43. The predicted octanol–water partition coefficient (Wildman–Crippen LogP) is 2.13. The number of amides is 1. The van der Waals surface area contributed by atoms with Crippen molar-refractivity contribution in [3.05, 3.63) is 51.5 Å². The maximum Gasteiger partial charge on any atom is 0.257 e. The van der Waals surface area contributed by atoms with Crippen LogP contribution in [0.25, 0.3) is 5.82 Å². The first-order chi connectivity index (χ1) is 13.8. The topological polar surface area (TPSA) is 108 Å². The molecule has 1 amide bonds. The maximum absolute atomic E-state index is 12.6. The molecule has 0 aromatic carbocycles. The molecule has 0 radical (unpaired) electrons. The summed E-state index contributed by atoms with van der Waals surface area (Å²) in [7, 11) is 0. The van der Waals surface area contributed by atoms with E-state index < -0.39 is 0 Å². The number of carbonyl (C=O) groups is 1. The number of anilines is 1. The summed E-state index contributed by atoms with van der Waals surface area (Å²) in [5, 5.41) is 7.88. The highest BCUT2D eigenvalue weighted by atomic mass is 32.2. The van der Waals surface area contributed by atoms with Crippen LogP contribution in [0.2, 0.25) is 0 Å². The quantitative estimate of drug-likeness (QED) is 0.655. The zero-order chi connectivity index (χ0) is 20.7. The van der Waals surface area contributed by atoms with E-state index >= 15 is 0 Å². The molecule has 1 unspecified atom stereocenters. The van der Waals surface area contributed by atoms with Crippen molar-refractivity contribution < 1.29 is 4.79 Å². The number of rotatable bonds is 4. The lowest BCUT2D eigenvalue weighted by molar-refractivity contribution is -0.116. The monoisotopic (exact) mass is 411 g/mol. The van der Waals surface area contributed by atoms with Crippen LogP contribution in [0, 0.1) is 27.7 Å². The van der Waals surface area contributed by atoms with Gasteiger partial charge in [-0.15, -0.1) is 0 Å². The van der Waals surface area contributed by atoms with E-state index in [-0.39, 0.29) is 23.9 Å². The normalized spacial score (nSPS) is 15.4. The third-order valence-electron chi connectivity index (χ3n) is 4.89. The fraction of sp³-hybridized carbons (Fsp3) is 0.368. The Hall–Kier alpha value is -3.01. The van der Waals surface area contributed by atoms with Crippen LogP contribution >= 0.6 is 11.8 Å². The number of hydrogen-bond donors (Lipinski definition) is 1. The lowest BCUT2D eigenvalue weighted by Gasteiger charge is -2.14. The van der Waals surface area contributed by atoms with Crippen LogP contribution in [0.4, 0.5) is 5.82 Å². The van der Waals surface area contributed by atoms with E-state index in [0.717, 1.165) is 17.1 Å². The molecule has 3 aromatic rings. The zero-order valence-electron chi connectivity index (χ0n) is 16.6. The Kier molecular flexibility index (Phi) is 4.95. The Morgan fingerprint density at radius 3 is 2.76 bits per heavy atom. The third kappa shape index (κ3) is 3.67. The van der Waals surface area contributed by atoms with Gasteiger partial charge in [0.1, 0.15) is 12.1 Å².